The van der Waals surface area contributed by atoms with E-state index in [1.165, 1.54) is 0 Å². The molecule has 38 valence electrons. The molecule has 0 radical (unpaired) electrons. The number of hydrogen-bond acceptors (Lipinski definition) is 1. The van der Waals surface area contributed by atoms with E-state index in [-0.39, 0.29) is 6.61 Å². The fraction of sp³-hybridized carbons (Fsp3) is 0.200. The van der Waals surface area contributed by atoms with Gasteiger partial charge in [0.1, 0.15) is 7.85 Å². The first-order valence-corrected chi connectivity index (χ1v) is 2.30. The summed E-state index contributed by atoms with van der Waals surface area (Å²) in [7, 11) is 1.93. The summed E-state index contributed by atoms with van der Waals surface area (Å²) in [5, 5.41) is 8.17. The first-order chi connectivity index (χ1) is 3.41. The molecule has 0 spiro atoms. The van der Waals surface area contributed by atoms with Crippen LogP contribution >= 0.6 is 0 Å². The zero-order valence-electron chi connectivity index (χ0n) is 4.46. The lowest BCUT2D eigenvalue weighted by Crippen LogP contribution is -1.67. The molecule has 0 unspecified atom stereocenters. The highest BCUT2D eigenvalue weighted by atomic mass is 16.2. The van der Waals surface area contributed by atoms with Gasteiger partial charge in [0.25, 0.3) is 0 Å². The van der Waals surface area contributed by atoms with Crippen LogP contribution in [0.2, 0.25) is 0 Å². The third-order valence-corrected chi connectivity index (χ3v) is 0.545. The molecule has 0 aliphatic heterocycles. The van der Waals surface area contributed by atoms with Gasteiger partial charge in [0.2, 0.25) is 0 Å². The summed E-state index contributed by atoms with van der Waals surface area (Å²) >= 11 is 0. The van der Waals surface area contributed by atoms with Crippen LogP contribution in [0.4, 0.5) is 0 Å². The first-order valence-electron chi connectivity index (χ1n) is 2.30. The van der Waals surface area contributed by atoms with Gasteiger partial charge in [0.05, 0.1) is 6.61 Å². The molecule has 0 atom stereocenters. The average molecular weight is 95.9 g/mol. The minimum absolute atomic E-state index is 0.129. The summed E-state index contributed by atoms with van der Waals surface area (Å²) in [6.07, 6.45) is 5.36. The first kappa shape index (κ1) is 6.50. The van der Waals surface area contributed by atoms with Crippen LogP contribution in [0.1, 0.15) is 0 Å². The zero-order valence-corrected chi connectivity index (χ0v) is 4.46. The van der Waals surface area contributed by atoms with Gasteiger partial charge in [-0.2, -0.15) is 0 Å². The largest absolute Gasteiger partial charge is 0.392 e. The van der Waals surface area contributed by atoms with E-state index in [2.05, 4.69) is 0 Å². The van der Waals surface area contributed by atoms with Crippen LogP contribution < -0.4 is 0 Å². The van der Waals surface area contributed by atoms with Crippen molar-refractivity contribution in [3.05, 3.63) is 24.2 Å². The third kappa shape index (κ3) is 5.50. The monoisotopic (exact) mass is 96.1 g/mol. The second-order valence-electron chi connectivity index (χ2n) is 1.14. The van der Waals surface area contributed by atoms with Crippen molar-refractivity contribution in [3.63, 3.8) is 0 Å². The van der Waals surface area contributed by atoms with Crippen LogP contribution in [0.25, 0.3) is 0 Å². The number of aliphatic hydroxyl groups is 1. The van der Waals surface area contributed by atoms with Crippen LogP contribution in [0.15, 0.2) is 24.2 Å². The lowest BCUT2D eigenvalue weighted by atomic mass is 10.1. The van der Waals surface area contributed by atoms with Crippen molar-refractivity contribution >= 4 is 7.85 Å². The molecule has 0 fully saturated rings. The third-order valence-electron chi connectivity index (χ3n) is 0.545. The maximum absolute atomic E-state index is 8.17. The summed E-state index contributed by atoms with van der Waals surface area (Å²) in [6.45, 7) is 0.129. The van der Waals surface area contributed by atoms with E-state index < -0.39 is 0 Å². The Morgan fingerprint density at radius 1 is 1.43 bits per heavy atom. The van der Waals surface area contributed by atoms with E-state index in [4.69, 9.17) is 5.11 Å². The van der Waals surface area contributed by atoms with Crippen LogP contribution in [0.3, 0.4) is 0 Å². The highest BCUT2D eigenvalue weighted by molar-refractivity contribution is 6.17. The summed E-state index contributed by atoms with van der Waals surface area (Å²) in [6, 6.07) is 0. The molecule has 7 heavy (non-hydrogen) atoms. The highest BCUT2D eigenvalue weighted by Gasteiger charge is 1.58. The highest BCUT2D eigenvalue weighted by Crippen LogP contribution is 1.70. The van der Waals surface area contributed by atoms with Gasteiger partial charge in [-0.05, 0) is 0 Å². The van der Waals surface area contributed by atoms with Gasteiger partial charge in [-0.1, -0.05) is 18.2 Å². The van der Waals surface area contributed by atoms with E-state index in [1.807, 2.05) is 19.9 Å². The van der Waals surface area contributed by atoms with Crippen molar-refractivity contribution in [3.8, 4) is 0 Å². The Morgan fingerprint density at radius 2 is 2.14 bits per heavy atom. The number of hydrogen-bond donors (Lipinski definition) is 1. The fourth-order valence-electron chi connectivity index (χ4n) is 0.251. The summed E-state index contributed by atoms with van der Waals surface area (Å²) < 4.78 is 0. The van der Waals surface area contributed by atoms with Gasteiger partial charge >= 0.3 is 0 Å². The maximum Gasteiger partial charge on any atom is 0.129 e. The van der Waals surface area contributed by atoms with E-state index in [1.54, 1.807) is 12.2 Å². The smallest absolute Gasteiger partial charge is 0.129 e. The molecule has 2 heteroatoms. The van der Waals surface area contributed by atoms with Crippen molar-refractivity contribution < 1.29 is 5.11 Å². The van der Waals surface area contributed by atoms with Gasteiger partial charge in [0.15, 0.2) is 0 Å². The molecule has 0 saturated carbocycles. The lowest BCUT2D eigenvalue weighted by molar-refractivity contribution is 0.343. The van der Waals surface area contributed by atoms with Gasteiger partial charge < -0.3 is 5.11 Å². The van der Waals surface area contributed by atoms with Gasteiger partial charge in [0, 0.05) is 0 Å². The quantitative estimate of drug-likeness (QED) is 0.369. The van der Waals surface area contributed by atoms with Crippen molar-refractivity contribution in [2.75, 3.05) is 6.61 Å². The number of aliphatic hydroxyl groups excluding tert-OH is 1. The van der Waals surface area contributed by atoms with Crippen molar-refractivity contribution in [1.29, 1.82) is 0 Å². The van der Waals surface area contributed by atoms with Crippen LogP contribution in [0, 0.1) is 0 Å². The molecular weight excluding hydrogens is 86.9 g/mol. The summed E-state index contributed by atoms with van der Waals surface area (Å²) in [5.74, 6) is 1.91. The molecular formula is C5H9BO. The van der Waals surface area contributed by atoms with E-state index >= 15 is 0 Å². The predicted molar refractivity (Wildman–Crippen MR) is 33.9 cm³/mol. The topological polar surface area (TPSA) is 20.2 Å². The van der Waals surface area contributed by atoms with Gasteiger partial charge in [-0.15, -0.1) is 5.98 Å². The Balaban J connectivity index is 3.09. The molecule has 0 bridgehead atoms. The lowest BCUT2D eigenvalue weighted by Gasteiger charge is -1.70. The Hall–Kier alpha value is -0.495. The molecule has 0 saturated heterocycles. The zero-order chi connectivity index (χ0) is 5.54. The fourth-order valence-corrected chi connectivity index (χ4v) is 0.251. The van der Waals surface area contributed by atoms with Crippen molar-refractivity contribution in [2.24, 2.45) is 0 Å². The number of allylic oxidation sites excluding steroid dienone is 2. The predicted octanol–water partition coefficient (Wildman–Crippen LogP) is -0.318. The van der Waals surface area contributed by atoms with Crippen LogP contribution in [-0.4, -0.2) is 19.6 Å². The molecule has 0 amide bonds. The van der Waals surface area contributed by atoms with E-state index in [0.717, 1.165) is 0 Å². The summed E-state index contributed by atoms with van der Waals surface area (Å²) in [4.78, 5) is 0. The molecule has 1 N–H and O–H groups in total. The molecule has 0 rings (SSSR count). The molecule has 0 heterocycles. The maximum atomic E-state index is 8.17. The van der Waals surface area contributed by atoms with Crippen LogP contribution in [0.5, 0.6) is 0 Å². The molecule has 0 aromatic rings. The molecule has 1 nitrogen and oxygen atoms in total. The molecule has 0 aliphatic rings. The Morgan fingerprint density at radius 3 is 2.57 bits per heavy atom. The summed E-state index contributed by atoms with van der Waals surface area (Å²) in [5.41, 5.74) is 0. The second-order valence-corrected chi connectivity index (χ2v) is 1.14. The Kier molecular flexibility index (Phi) is 5.12. The average Bonchev–Trinajstić information content (AvgIpc) is 1.69. The van der Waals surface area contributed by atoms with Crippen molar-refractivity contribution in [1.82, 2.24) is 0 Å². The second kappa shape index (κ2) is 5.50. The van der Waals surface area contributed by atoms with Gasteiger partial charge in [-0.3, -0.25) is 0 Å². The van der Waals surface area contributed by atoms with Gasteiger partial charge in [-0.25, -0.2) is 0 Å². The molecule has 0 aromatic heterocycles. The van der Waals surface area contributed by atoms with Crippen LogP contribution in [-0.2, 0) is 0 Å². The van der Waals surface area contributed by atoms with Crippen molar-refractivity contribution in [2.45, 2.75) is 0 Å². The SMILES string of the molecule is B/C=C/C=C/CO. The normalized spacial score (nSPS) is 11.6. The Labute approximate surface area is 44.8 Å². The molecule has 0 aromatic carbocycles. The number of rotatable bonds is 2. The minimum Gasteiger partial charge on any atom is -0.392 e. The minimum atomic E-state index is 0.129. The standard InChI is InChI=1S/C5H9BO/c6-4-2-1-3-5-7/h1-4,7H,5-6H2/b3-1+,4-2+. The molecule has 0 aliphatic carbocycles. The van der Waals surface area contributed by atoms with E-state index in [9.17, 15) is 0 Å². The Bertz CT molecular complexity index is 76.1. The van der Waals surface area contributed by atoms with E-state index in [0.29, 0.717) is 0 Å².